The molecule has 0 aromatic heterocycles. The molecule has 0 aliphatic carbocycles. The third kappa shape index (κ3) is 8.51. The normalized spacial score (nSPS) is 18.3. The molecule has 0 fully saturated rings. The zero-order valence-electron chi connectivity index (χ0n) is 18.2. The second-order valence-corrected chi connectivity index (χ2v) is 9.10. The largest absolute Gasteiger partial charge is 0.467 e. The van der Waals surface area contributed by atoms with Crippen LogP contribution in [0.4, 0.5) is 4.79 Å². The molecule has 0 unspecified atom stereocenters. The summed E-state index contributed by atoms with van der Waals surface area (Å²) < 4.78 is 10.1. The molecule has 1 aliphatic heterocycles. The van der Waals surface area contributed by atoms with Gasteiger partial charge in [0, 0.05) is 6.42 Å². The molecular weight excluding hydrogens is 398 g/mol. The summed E-state index contributed by atoms with van der Waals surface area (Å²) in [5.74, 6) is -0.239. The molecule has 2 amide bonds. The Hall–Kier alpha value is -1.97. The van der Waals surface area contributed by atoms with Crippen LogP contribution >= 0.6 is 11.8 Å². The van der Waals surface area contributed by atoms with Crippen molar-refractivity contribution >= 4 is 35.4 Å². The number of ether oxygens (including phenoxy) is 2. The molecule has 2 N–H and O–H groups in total. The summed E-state index contributed by atoms with van der Waals surface area (Å²) in [6.07, 6.45) is 1.15. The van der Waals surface area contributed by atoms with E-state index < -0.39 is 41.8 Å². The first-order valence-corrected chi connectivity index (χ1v) is 11.0. The summed E-state index contributed by atoms with van der Waals surface area (Å²) in [6.45, 7) is 9.19. The molecule has 166 valence electrons. The second-order valence-electron chi connectivity index (χ2n) is 8.11. The van der Waals surface area contributed by atoms with Crippen molar-refractivity contribution in [1.82, 2.24) is 10.6 Å². The predicted octanol–water partition coefficient (Wildman–Crippen LogP) is 2.09. The average Bonchev–Trinajstić information content (AvgIpc) is 3.10. The molecular formula is C19H33N3O6S. The van der Waals surface area contributed by atoms with Crippen molar-refractivity contribution < 1.29 is 28.7 Å². The van der Waals surface area contributed by atoms with Gasteiger partial charge in [-0.15, -0.1) is 0 Å². The van der Waals surface area contributed by atoms with E-state index in [1.807, 2.05) is 20.1 Å². The number of alkyl carbamates (subject to hydrolysis) is 1. The number of nitrogens with zero attached hydrogens (tertiary/aromatic N) is 1. The molecule has 0 radical (unpaired) electrons. The van der Waals surface area contributed by atoms with Gasteiger partial charge in [-0.25, -0.2) is 9.59 Å². The minimum Gasteiger partial charge on any atom is -0.467 e. The van der Waals surface area contributed by atoms with Gasteiger partial charge in [-0.05, 0) is 45.1 Å². The summed E-state index contributed by atoms with van der Waals surface area (Å²) in [5.41, 5.74) is -0.0773. The van der Waals surface area contributed by atoms with Crippen molar-refractivity contribution in [3.05, 3.63) is 0 Å². The van der Waals surface area contributed by atoms with Gasteiger partial charge in [-0.1, -0.05) is 19.0 Å². The van der Waals surface area contributed by atoms with Crippen molar-refractivity contribution in [2.24, 2.45) is 11.1 Å². The molecule has 9 nitrogen and oxygen atoms in total. The van der Waals surface area contributed by atoms with Gasteiger partial charge in [0.1, 0.15) is 11.6 Å². The van der Waals surface area contributed by atoms with Crippen LogP contribution < -0.4 is 10.6 Å². The fraction of sp³-hybridized carbons (Fsp3) is 0.789. The molecule has 3 atom stereocenters. The lowest BCUT2D eigenvalue weighted by Crippen LogP contribution is -2.48. The van der Waals surface area contributed by atoms with Crippen molar-refractivity contribution in [2.45, 2.75) is 71.2 Å². The number of carbonyl (C=O) groups excluding carboxylic acids is 3. The highest BCUT2D eigenvalue weighted by Gasteiger charge is 2.36. The quantitative estimate of drug-likeness (QED) is 0.537. The highest BCUT2D eigenvalue weighted by Crippen LogP contribution is 2.19. The maximum Gasteiger partial charge on any atom is 0.408 e. The minimum absolute atomic E-state index is 0.0103. The third-order valence-electron chi connectivity index (χ3n) is 4.09. The standard InChI is InChI=1S/C19H33N3O6S/c1-11(2)15(21-18(25)27-19(3,4)5)13-10-14(28-22-13)16(23)20-12(8-9-29-7)17(24)26-6/h11-12,14-15H,8-10H2,1-7H3,(H,20,23)(H,21,25)/t12-,14-,15-/m0/s1. The van der Waals surface area contributed by atoms with Crippen LogP contribution in [0.1, 0.15) is 47.5 Å². The summed E-state index contributed by atoms with van der Waals surface area (Å²) in [4.78, 5) is 41.9. The first-order chi connectivity index (χ1) is 13.5. The molecule has 1 heterocycles. The molecule has 1 aliphatic rings. The number of esters is 1. The molecule has 0 bridgehead atoms. The van der Waals surface area contributed by atoms with E-state index in [9.17, 15) is 14.4 Å². The molecule has 0 saturated heterocycles. The number of thioether (sulfide) groups is 1. The highest BCUT2D eigenvalue weighted by atomic mass is 32.2. The molecule has 1 rings (SSSR count). The number of nitrogens with one attached hydrogen (secondary N) is 2. The van der Waals surface area contributed by atoms with E-state index in [1.165, 1.54) is 7.11 Å². The molecule has 0 spiro atoms. The summed E-state index contributed by atoms with van der Waals surface area (Å²) in [5, 5.41) is 9.47. The van der Waals surface area contributed by atoms with Gasteiger partial charge in [0.25, 0.3) is 5.91 Å². The van der Waals surface area contributed by atoms with Gasteiger partial charge < -0.3 is 24.9 Å². The Balaban J connectivity index is 2.71. The number of hydrogen-bond acceptors (Lipinski definition) is 8. The summed E-state index contributed by atoms with van der Waals surface area (Å²) in [7, 11) is 1.28. The number of hydrogen-bond donors (Lipinski definition) is 2. The summed E-state index contributed by atoms with van der Waals surface area (Å²) >= 11 is 1.57. The number of methoxy groups -OCH3 is 1. The minimum atomic E-state index is -0.867. The van der Waals surface area contributed by atoms with E-state index in [0.717, 1.165) is 0 Å². The predicted molar refractivity (Wildman–Crippen MR) is 112 cm³/mol. The van der Waals surface area contributed by atoms with Crippen LogP contribution in [0.15, 0.2) is 5.16 Å². The topological polar surface area (TPSA) is 115 Å². The van der Waals surface area contributed by atoms with Gasteiger partial charge >= 0.3 is 12.1 Å². The Labute approximate surface area is 176 Å². The maximum atomic E-state index is 12.6. The zero-order chi connectivity index (χ0) is 22.2. The van der Waals surface area contributed by atoms with Crippen LogP contribution in [0.3, 0.4) is 0 Å². The van der Waals surface area contributed by atoms with Crippen molar-refractivity contribution in [3.63, 3.8) is 0 Å². The smallest absolute Gasteiger partial charge is 0.408 e. The van der Waals surface area contributed by atoms with Gasteiger partial charge in [0.05, 0.1) is 18.9 Å². The van der Waals surface area contributed by atoms with E-state index in [2.05, 4.69) is 15.8 Å². The lowest BCUT2D eigenvalue weighted by atomic mass is 9.95. The van der Waals surface area contributed by atoms with Crippen LogP contribution in [0.2, 0.25) is 0 Å². The van der Waals surface area contributed by atoms with E-state index in [4.69, 9.17) is 14.3 Å². The van der Waals surface area contributed by atoms with Crippen LogP contribution in [0.5, 0.6) is 0 Å². The lowest BCUT2D eigenvalue weighted by molar-refractivity contribution is -0.146. The number of carbonyl (C=O) groups is 3. The number of oxime groups is 1. The van der Waals surface area contributed by atoms with Gasteiger partial charge in [-0.3, -0.25) is 4.79 Å². The van der Waals surface area contributed by atoms with Crippen LogP contribution in [0.25, 0.3) is 0 Å². The van der Waals surface area contributed by atoms with Crippen molar-refractivity contribution in [2.75, 3.05) is 19.1 Å². The number of rotatable bonds is 9. The van der Waals surface area contributed by atoms with Crippen molar-refractivity contribution in [1.29, 1.82) is 0 Å². The fourth-order valence-corrected chi connectivity index (χ4v) is 3.15. The van der Waals surface area contributed by atoms with E-state index in [1.54, 1.807) is 32.5 Å². The second kappa shape index (κ2) is 11.3. The average molecular weight is 432 g/mol. The van der Waals surface area contributed by atoms with Crippen LogP contribution in [-0.4, -0.2) is 66.6 Å². The van der Waals surface area contributed by atoms with Crippen molar-refractivity contribution in [3.8, 4) is 0 Å². The molecule has 0 aromatic rings. The maximum absolute atomic E-state index is 12.6. The lowest BCUT2D eigenvalue weighted by Gasteiger charge is -2.25. The Morgan fingerprint density at radius 2 is 1.93 bits per heavy atom. The van der Waals surface area contributed by atoms with Gasteiger partial charge in [0.2, 0.25) is 6.10 Å². The Morgan fingerprint density at radius 1 is 1.28 bits per heavy atom. The molecule has 29 heavy (non-hydrogen) atoms. The van der Waals surface area contributed by atoms with E-state index >= 15 is 0 Å². The molecule has 0 saturated carbocycles. The monoisotopic (exact) mass is 431 g/mol. The Bertz CT molecular complexity index is 618. The highest BCUT2D eigenvalue weighted by molar-refractivity contribution is 7.98. The van der Waals surface area contributed by atoms with Crippen LogP contribution in [0, 0.1) is 5.92 Å². The Morgan fingerprint density at radius 3 is 2.45 bits per heavy atom. The molecule has 10 heteroatoms. The van der Waals surface area contributed by atoms with Gasteiger partial charge in [0.15, 0.2) is 0 Å². The van der Waals surface area contributed by atoms with Crippen LogP contribution in [-0.2, 0) is 23.9 Å². The van der Waals surface area contributed by atoms with Gasteiger partial charge in [-0.2, -0.15) is 11.8 Å². The zero-order valence-corrected chi connectivity index (χ0v) is 19.1. The fourth-order valence-electron chi connectivity index (χ4n) is 2.68. The molecule has 0 aromatic carbocycles. The third-order valence-corrected chi connectivity index (χ3v) is 4.74. The van der Waals surface area contributed by atoms with E-state index in [0.29, 0.717) is 17.9 Å². The Kier molecular flexibility index (Phi) is 9.75. The first-order valence-electron chi connectivity index (χ1n) is 9.57. The summed E-state index contributed by atoms with van der Waals surface area (Å²) in [6, 6.07) is -1.18. The first kappa shape index (κ1) is 25.1. The number of amides is 2. The SMILES string of the molecule is COC(=O)[C@H](CCSC)NC(=O)[C@@H]1CC([C@@H](NC(=O)OC(C)(C)C)C(C)C)=NO1. The van der Waals surface area contributed by atoms with E-state index in [-0.39, 0.29) is 12.3 Å².